The van der Waals surface area contributed by atoms with Gasteiger partial charge < -0.3 is 15.0 Å². The molecule has 320 valence electrons. The number of fused-ring (bicyclic) bond motifs is 2. The number of imide groups is 1. The summed E-state index contributed by atoms with van der Waals surface area (Å²) < 4.78 is 40.6. The van der Waals surface area contributed by atoms with Crippen LogP contribution in [0.4, 0.5) is 14.5 Å². The molecule has 0 radical (unpaired) electrons. The number of hydrogen-bond donors (Lipinski definition) is 2. The smallest absolute Gasteiger partial charge is 0.329 e. The lowest BCUT2D eigenvalue weighted by Gasteiger charge is -2.37. The summed E-state index contributed by atoms with van der Waals surface area (Å²) in [5, 5.41) is 13.5. The van der Waals surface area contributed by atoms with E-state index in [-0.39, 0.29) is 53.5 Å². The van der Waals surface area contributed by atoms with Crippen molar-refractivity contribution < 1.29 is 27.9 Å². The molecule has 0 bridgehead atoms. The molecule has 5 aromatic rings. The van der Waals surface area contributed by atoms with Gasteiger partial charge in [-0.25, -0.2) is 18.1 Å². The first-order valence-electron chi connectivity index (χ1n) is 21.3. The zero-order valence-corrected chi connectivity index (χ0v) is 34.1. The standard InChI is InChI=1S/C43H49F2N11O5/c1-51-38-28(6-4-10-33(38)56(43(51)60)34-15-16-35(57)48-42(34)59)7-5-18-52-20-22-53(23-21-52)25-27-11-13-29(14-12-27)55-26-32(37(50-55)39(44)45)47-41(58)31-24-46-54-19-17-36(49-40(31)54)61-30-8-2-3-9-30/h4,6,10,17,19,24,26-27,29-30,34,39H,2-3,8-9,11-16,18,20-23,25H2,1H3,(H,47,58)(H,48,57,59). The Hall–Kier alpha value is -5.93. The summed E-state index contributed by atoms with van der Waals surface area (Å²) in [6.07, 6.45) is 9.87. The van der Waals surface area contributed by atoms with E-state index in [0.29, 0.717) is 34.9 Å². The van der Waals surface area contributed by atoms with Gasteiger partial charge in [-0.05, 0) is 75.8 Å². The van der Waals surface area contributed by atoms with Crippen LogP contribution in [-0.2, 0) is 16.6 Å². The van der Waals surface area contributed by atoms with Gasteiger partial charge in [0.2, 0.25) is 17.7 Å². The van der Waals surface area contributed by atoms with Gasteiger partial charge in [0, 0.05) is 64.7 Å². The molecule has 61 heavy (non-hydrogen) atoms. The number of para-hydroxylation sites is 1. The number of alkyl halides is 2. The molecule has 1 aromatic carbocycles. The first-order valence-corrected chi connectivity index (χ1v) is 21.3. The molecular formula is C43H49F2N11O5. The SMILES string of the molecule is Cn1c(=O)n(C2CCC(=O)NC2=O)c2cccc(C#CCN3CCN(CC4CCC(n5cc(NC(=O)c6cnn7ccc(OC8CCCC8)nc67)c(C(F)F)n5)CC4)CC3)c21. The lowest BCUT2D eigenvalue weighted by molar-refractivity contribution is -0.135. The molecule has 2 N–H and O–H groups in total. The number of anilines is 1. The highest BCUT2D eigenvalue weighted by Crippen LogP contribution is 2.36. The van der Waals surface area contributed by atoms with Crippen LogP contribution in [0.5, 0.6) is 5.88 Å². The molecule has 2 saturated heterocycles. The average molecular weight is 838 g/mol. The van der Waals surface area contributed by atoms with E-state index >= 15 is 0 Å². The van der Waals surface area contributed by atoms with Crippen LogP contribution in [0.25, 0.3) is 16.7 Å². The second kappa shape index (κ2) is 17.2. The van der Waals surface area contributed by atoms with Gasteiger partial charge in [0.1, 0.15) is 17.7 Å². The topological polar surface area (TPSA) is 166 Å². The number of halogens is 2. The van der Waals surface area contributed by atoms with E-state index in [1.807, 2.05) is 12.1 Å². The Bertz CT molecular complexity index is 2580. The van der Waals surface area contributed by atoms with Crippen molar-refractivity contribution in [1.29, 1.82) is 0 Å². The van der Waals surface area contributed by atoms with Gasteiger partial charge in [-0.2, -0.15) is 15.2 Å². The second-order valence-electron chi connectivity index (χ2n) is 16.7. The van der Waals surface area contributed by atoms with Crippen LogP contribution >= 0.6 is 0 Å². The number of piperidine rings is 1. The van der Waals surface area contributed by atoms with Gasteiger partial charge in [0.15, 0.2) is 11.3 Å². The third kappa shape index (κ3) is 8.40. The maximum atomic E-state index is 14.2. The molecule has 1 unspecified atom stereocenters. The molecule has 9 rings (SSSR count). The van der Waals surface area contributed by atoms with Gasteiger partial charge in [0.05, 0.1) is 41.1 Å². The Labute approximate surface area is 350 Å². The number of rotatable bonds is 10. The normalized spacial score (nSPS) is 21.9. The Kier molecular flexibility index (Phi) is 11.4. The van der Waals surface area contributed by atoms with Crippen molar-refractivity contribution in [2.24, 2.45) is 13.0 Å². The molecule has 18 heteroatoms. The van der Waals surface area contributed by atoms with E-state index < -0.39 is 30.0 Å². The number of carbonyl (C=O) groups excluding carboxylic acids is 3. The van der Waals surface area contributed by atoms with Crippen LogP contribution in [0.1, 0.15) is 104 Å². The molecule has 4 fully saturated rings. The molecule has 16 nitrogen and oxygen atoms in total. The number of amides is 3. The maximum absolute atomic E-state index is 14.2. The highest BCUT2D eigenvalue weighted by Gasteiger charge is 2.32. The van der Waals surface area contributed by atoms with Crippen molar-refractivity contribution in [3.63, 3.8) is 0 Å². The summed E-state index contributed by atoms with van der Waals surface area (Å²) in [6.45, 7) is 5.12. The molecule has 3 amide bonds. The molecule has 2 saturated carbocycles. The van der Waals surface area contributed by atoms with E-state index in [1.165, 1.54) is 26.0 Å². The van der Waals surface area contributed by atoms with E-state index in [0.717, 1.165) is 84.1 Å². The fourth-order valence-electron chi connectivity index (χ4n) is 9.40. The third-order valence-corrected chi connectivity index (χ3v) is 12.7. The van der Waals surface area contributed by atoms with Crippen LogP contribution in [-0.4, -0.2) is 106 Å². The minimum absolute atomic E-state index is 0.0195. The van der Waals surface area contributed by atoms with Crippen LogP contribution in [0.3, 0.4) is 0 Å². The summed E-state index contributed by atoms with van der Waals surface area (Å²) in [5.74, 6) is 6.06. The molecule has 2 aliphatic heterocycles. The summed E-state index contributed by atoms with van der Waals surface area (Å²) >= 11 is 0. The Morgan fingerprint density at radius 3 is 2.52 bits per heavy atom. The molecule has 2 aliphatic carbocycles. The number of piperazine rings is 1. The number of carbonyl (C=O) groups is 3. The van der Waals surface area contributed by atoms with Crippen molar-refractivity contribution in [1.82, 2.24) is 48.6 Å². The Morgan fingerprint density at radius 1 is 1.00 bits per heavy atom. The first kappa shape index (κ1) is 40.5. The number of nitrogens with zero attached hydrogens (tertiary/aromatic N) is 9. The lowest BCUT2D eigenvalue weighted by Crippen LogP contribution is -2.48. The lowest BCUT2D eigenvalue weighted by atomic mass is 9.85. The van der Waals surface area contributed by atoms with E-state index in [2.05, 4.69) is 47.5 Å². The summed E-state index contributed by atoms with van der Waals surface area (Å²) in [7, 11) is 1.67. The molecule has 4 aliphatic rings. The number of imidazole rings is 1. The zero-order chi connectivity index (χ0) is 42.2. The molecular weight excluding hydrogens is 789 g/mol. The number of aromatic nitrogens is 7. The highest BCUT2D eigenvalue weighted by molar-refractivity contribution is 6.08. The predicted octanol–water partition coefficient (Wildman–Crippen LogP) is 4.47. The van der Waals surface area contributed by atoms with Crippen molar-refractivity contribution in [2.45, 2.75) is 88.8 Å². The fraction of sp³-hybridized carbons (Fsp3) is 0.512. The monoisotopic (exact) mass is 837 g/mol. The predicted molar refractivity (Wildman–Crippen MR) is 220 cm³/mol. The van der Waals surface area contributed by atoms with Gasteiger partial charge in [0.25, 0.3) is 12.3 Å². The average Bonchev–Trinajstić information content (AvgIpc) is 4.06. The van der Waals surface area contributed by atoms with Gasteiger partial charge >= 0.3 is 5.69 Å². The van der Waals surface area contributed by atoms with E-state index in [1.54, 1.807) is 30.1 Å². The maximum Gasteiger partial charge on any atom is 0.329 e. The van der Waals surface area contributed by atoms with Gasteiger partial charge in [-0.3, -0.25) is 38.4 Å². The van der Waals surface area contributed by atoms with Crippen LogP contribution in [0.2, 0.25) is 0 Å². The Balaban J connectivity index is 0.765. The van der Waals surface area contributed by atoms with Crippen molar-refractivity contribution in [2.75, 3.05) is 44.6 Å². The molecule has 6 heterocycles. The van der Waals surface area contributed by atoms with Crippen LogP contribution < -0.4 is 21.1 Å². The highest BCUT2D eigenvalue weighted by atomic mass is 19.3. The first-order chi connectivity index (χ1) is 29.6. The van der Waals surface area contributed by atoms with E-state index in [9.17, 15) is 28.0 Å². The number of aryl methyl sites for hydroxylation is 1. The zero-order valence-electron chi connectivity index (χ0n) is 34.1. The number of benzene rings is 1. The minimum atomic E-state index is -2.87. The minimum Gasteiger partial charge on any atom is -0.474 e. The van der Waals surface area contributed by atoms with Crippen LogP contribution in [0.15, 0.2) is 47.7 Å². The molecule has 1 atom stereocenters. The second-order valence-corrected chi connectivity index (χ2v) is 16.7. The van der Waals surface area contributed by atoms with Crippen molar-refractivity contribution in [3.8, 4) is 17.7 Å². The van der Waals surface area contributed by atoms with E-state index in [4.69, 9.17) is 4.74 Å². The molecule has 4 aromatic heterocycles. The number of hydrogen-bond acceptors (Lipinski definition) is 10. The summed E-state index contributed by atoms with van der Waals surface area (Å²) in [5.41, 5.74) is 1.63. The summed E-state index contributed by atoms with van der Waals surface area (Å²) in [6, 6.07) is 6.42. The summed E-state index contributed by atoms with van der Waals surface area (Å²) in [4.78, 5) is 60.3. The quantitative estimate of drug-likeness (QED) is 0.152. The van der Waals surface area contributed by atoms with Crippen LogP contribution in [0, 0.1) is 17.8 Å². The molecule has 0 spiro atoms. The van der Waals surface area contributed by atoms with Gasteiger partial charge in [-0.15, -0.1) is 0 Å². The number of ether oxygens (including phenoxy) is 1. The fourth-order valence-corrected chi connectivity index (χ4v) is 9.40. The third-order valence-electron chi connectivity index (χ3n) is 12.7. The largest absolute Gasteiger partial charge is 0.474 e. The van der Waals surface area contributed by atoms with Crippen molar-refractivity contribution >= 4 is 40.1 Å². The number of nitrogens with one attached hydrogen (secondary N) is 2. The van der Waals surface area contributed by atoms with Crippen molar-refractivity contribution in [3.05, 3.63) is 70.2 Å². The van der Waals surface area contributed by atoms with Gasteiger partial charge in [-0.1, -0.05) is 17.9 Å². The Morgan fingerprint density at radius 2 is 1.77 bits per heavy atom.